The Kier molecular flexibility index (Phi) is 5.03. The monoisotopic (exact) mass is 214 g/mol. The largest absolute Gasteiger partial charge is 0.380 e. The number of ether oxygens (including phenoxy) is 1. The Hall–Kier alpha value is -0.120. The van der Waals surface area contributed by atoms with Crippen LogP contribution in [0, 0.1) is 5.41 Å². The predicted molar refractivity (Wildman–Crippen MR) is 63.9 cm³/mol. The van der Waals surface area contributed by atoms with Crippen LogP contribution in [0.2, 0.25) is 0 Å². The van der Waals surface area contributed by atoms with E-state index >= 15 is 0 Å². The fourth-order valence-corrected chi connectivity index (χ4v) is 1.78. The highest BCUT2D eigenvalue weighted by Gasteiger charge is 2.21. The summed E-state index contributed by atoms with van der Waals surface area (Å²) < 4.78 is 5.43. The summed E-state index contributed by atoms with van der Waals surface area (Å²) >= 11 is 0. The van der Waals surface area contributed by atoms with Gasteiger partial charge in [-0.3, -0.25) is 0 Å². The molecule has 1 unspecified atom stereocenters. The fourth-order valence-electron chi connectivity index (χ4n) is 1.78. The predicted octanol–water partition coefficient (Wildman–Crippen LogP) is 1.47. The van der Waals surface area contributed by atoms with Crippen LogP contribution in [-0.2, 0) is 4.74 Å². The van der Waals surface area contributed by atoms with Crippen LogP contribution in [0.1, 0.15) is 33.6 Å². The Bertz CT molecular complexity index is 169. The van der Waals surface area contributed by atoms with E-state index in [-0.39, 0.29) is 5.41 Å². The molecule has 3 heteroatoms. The van der Waals surface area contributed by atoms with Crippen LogP contribution in [0.25, 0.3) is 0 Å². The third kappa shape index (κ3) is 4.96. The number of nitrogens with two attached hydrogens (primary N) is 1. The molecule has 0 aromatic rings. The van der Waals surface area contributed by atoms with E-state index in [1.54, 1.807) is 0 Å². The van der Waals surface area contributed by atoms with Gasteiger partial charge in [-0.15, -0.1) is 0 Å². The maximum atomic E-state index is 6.15. The van der Waals surface area contributed by atoms with Crippen LogP contribution < -0.4 is 5.73 Å². The van der Waals surface area contributed by atoms with Gasteiger partial charge in [-0.05, 0) is 24.8 Å². The maximum absolute atomic E-state index is 6.15. The van der Waals surface area contributed by atoms with E-state index in [0.717, 1.165) is 45.7 Å². The van der Waals surface area contributed by atoms with Gasteiger partial charge in [-0.1, -0.05) is 20.8 Å². The van der Waals surface area contributed by atoms with Crippen LogP contribution in [0.15, 0.2) is 0 Å². The van der Waals surface area contributed by atoms with Crippen LogP contribution in [0.3, 0.4) is 0 Å². The summed E-state index contributed by atoms with van der Waals surface area (Å²) in [6.07, 6.45) is 2.24. The molecule has 1 rings (SSSR count). The first kappa shape index (κ1) is 12.9. The zero-order valence-electron chi connectivity index (χ0n) is 10.5. The molecule has 0 bridgehead atoms. The lowest BCUT2D eigenvalue weighted by atomic mass is 9.85. The van der Waals surface area contributed by atoms with Gasteiger partial charge in [0.05, 0.1) is 6.61 Å². The molecule has 2 N–H and O–H groups in total. The van der Waals surface area contributed by atoms with Gasteiger partial charge in [0.25, 0.3) is 0 Å². The minimum absolute atomic E-state index is 0.225. The van der Waals surface area contributed by atoms with E-state index in [1.807, 2.05) is 0 Å². The smallest absolute Gasteiger partial charge is 0.0593 e. The second-order valence-electron chi connectivity index (χ2n) is 5.57. The lowest BCUT2D eigenvalue weighted by Crippen LogP contribution is -2.39. The summed E-state index contributed by atoms with van der Waals surface area (Å²) in [4.78, 5) is 2.47. The minimum Gasteiger partial charge on any atom is -0.380 e. The SMILES string of the molecule is CC(C)(C)C(N)CCN1CCCOCC1. The highest BCUT2D eigenvalue weighted by atomic mass is 16.5. The first-order valence-corrected chi connectivity index (χ1v) is 6.06. The summed E-state index contributed by atoms with van der Waals surface area (Å²) in [6, 6.07) is 0.293. The molecule has 15 heavy (non-hydrogen) atoms. The number of hydrogen-bond donors (Lipinski definition) is 1. The van der Waals surface area contributed by atoms with Gasteiger partial charge in [0, 0.05) is 25.7 Å². The molecule has 1 heterocycles. The molecule has 3 nitrogen and oxygen atoms in total. The molecule has 1 atom stereocenters. The molecular formula is C12H26N2O. The van der Waals surface area contributed by atoms with Crippen molar-refractivity contribution in [3.05, 3.63) is 0 Å². The fraction of sp³-hybridized carbons (Fsp3) is 1.00. The van der Waals surface area contributed by atoms with E-state index in [0.29, 0.717) is 6.04 Å². The second-order valence-corrected chi connectivity index (χ2v) is 5.57. The number of nitrogens with zero attached hydrogens (tertiary/aromatic N) is 1. The van der Waals surface area contributed by atoms with Gasteiger partial charge in [0.1, 0.15) is 0 Å². The van der Waals surface area contributed by atoms with Gasteiger partial charge in [-0.25, -0.2) is 0 Å². The summed E-state index contributed by atoms with van der Waals surface area (Å²) in [5.74, 6) is 0. The van der Waals surface area contributed by atoms with Crippen LogP contribution in [0.4, 0.5) is 0 Å². The second kappa shape index (κ2) is 5.83. The summed E-state index contributed by atoms with van der Waals surface area (Å²) in [6.45, 7) is 11.8. The van der Waals surface area contributed by atoms with Crippen LogP contribution in [0.5, 0.6) is 0 Å². The van der Waals surface area contributed by atoms with Crippen molar-refractivity contribution < 1.29 is 4.74 Å². The lowest BCUT2D eigenvalue weighted by Gasteiger charge is -2.29. The van der Waals surface area contributed by atoms with E-state index < -0.39 is 0 Å². The summed E-state index contributed by atoms with van der Waals surface area (Å²) in [5, 5.41) is 0. The number of rotatable bonds is 3. The summed E-state index contributed by atoms with van der Waals surface area (Å²) in [5.41, 5.74) is 6.37. The molecule has 1 saturated heterocycles. The normalized spacial score (nSPS) is 22.4. The Balaban J connectivity index is 2.23. The average molecular weight is 214 g/mol. The Morgan fingerprint density at radius 2 is 2.00 bits per heavy atom. The van der Waals surface area contributed by atoms with Gasteiger partial charge < -0.3 is 15.4 Å². The molecule has 1 aliphatic rings. The molecule has 0 aromatic heterocycles. The van der Waals surface area contributed by atoms with Crippen LogP contribution in [-0.4, -0.2) is 43.8 Å². The van der Waals surface area contributed by atoms with Crippen molar-refractivity contribution in [3.63, 3.8) is 0 Å². The lowest BCUT2D eigenvalue weighted by molar-refractivity contribution is 0.139. The maximum Gasteiger partial charge on any atom is 0.0593 e. The molecule has 0 amide bonds. The molecule has 0 aliphatic carbocycles. The molecule has 0 spiro atoms. The van der Waals surface area contributed by atoms with Crippen molar-refractivity contribution in [2.75, 3.05) is 32.8 Å². The van der Waals surface area contributed by atoms with Crippen molar-refractivity contribution in [2.45, 2.75) is 39.7 Å². The molecule has 0 aromatic carbocycles. The van der Waals surface area contributed by atoms with E-state index in [9.17, 15) is 0 Å². The summed E-state index contributed by atoms with van der Waals surface area (Å²) in [7, 11) is 0. The zero-order chi connectivity index (χ0) is 11.3. The zero-order valence-corrected chi connectivity index (χ0v) is 10.5. The molecule has 0 radical (unpaired) electrons. The van der Waals surface area contributed by atoms with Gasteiger partial charge in [0.2, 0.25) is 0 Å². The highest BCUT2D eigenvalue weighted by molar-refractivity contribution is 4.78. The molecule has 0 saturated carbocycles. The van der Waals surface area contributed by atoms with Crippen molar-refractivity contribution >= 4 is 0 Å². The third-order valence-corrected chi connectivity index (χ3v) is 3.18. The van der Waals surface area contributed by atoms with E-state index in [4.69, 9.17) is 10.5 Å². The molecule has 1 fully saturated rings. The Labute approximate surface area is 94.0 Å². The van der Waals surface area contributed by atoms with E-state index in [1.165, 1.54) is 0 Å². The third-order valence-electron chi connectivity index (χ3n) is 3.18. The van der Waals surface area contributed by atoms with Crippen molar-refractivity contribution in [1.82, 2.24) is 4.90 Å². The first-order chi connectivity index (χ1) is 7.00. The first-order valence-electron chi connectivity index (χ1n) is 6.06. The minimum atomic E-state index is 0.225. The molecule has 90 valence electrons. The average Bonchev–Trinajstić information content (AvgIpc) is 2.40. The van der Waals surface area contributed by atoms with Crippen molar-refractivity contribution in [1.29, 1.82) is 0 Å². The topological polar surface area (TPSA) is 38.5 Å². The molecular weight excluding hydrogens is 188 g/mol. The van der Waals surface area contributed by atoms with Gasteiger partial charge in [-0.2, -0.15) is 0 Å². The Morgan fingerprint density at radius 1 is 1.27 bits per heavy atom. The van der Waals surface area contributed by atoms with Crippen LogP contribution >= 0.6 is 0 Å². The Morgan fingerprint density at radius 3 is 2.67 bits per heavy atom. The van der Waals surface area contributed by atoms with Gasteiger partial charge in [0.15, 0.2) is 0 Å². The van der Waals surface area contributed by atoms with Gasteiger partial charge >= 0.3 is 0 Å². The van der Waals surface area contributed by atoms with Crippen molar-refractivity contribution in [2.24, 2.45) is 11.1 Å². The standard InChI is InChI=1S/C12H26N2O/c1-12(2,3)11(13)5-7-14-6-4-9-15-10-8-14/h11H,4-10,13H2,1-3H3. The molecule has 1 aliphatic heterocycles. The number of hydrogen-bond acceptors (Lipinski definition) is 3. The highest BCUT2D eigenvalue weighted by Crippen LogP contribution is 2.20. The quantitative estimate of drug-likeness (QED) is 0.773. The van der Waals surface area contributed by atoms with Crippen molar-refractivity contribution in [3.8, 4) is 0 Å². The van der Waals surface area contributed by atoms with E-state index in [2.05, 4.69) is 25.7 Å².